The zero-order valence-electron chi connectivity index (χ0n) is 10.8. The lowest BCUT2D eigenvalue weighted by Gasteiger charge is -2.31. The average molecular weight is 309 g/mol. The summed E-state index contributed by atoms with van der Waals surface area (Å²) in [6.45, 7) is 6.50. The minimum atomic E-state index is -0.236. The van der Waals surface area contributed by atoms with Crippen molar-refractivity contribution < 1.29 is 4.79 Å². The van der Waals surface area contributed by atoms with Crippen molar-refractivity contribution in [2.75, 3.05) is 11.4 Å². The van der Waals surface area contributed by atoms with Gasteiger partial charge >= 0.3 is 6.03 Å². The van der Waals surface area contributed by atoms with Crippen molar-refractivity contribution in [1.82, 2.24) is 5.32 Å². The maximum atomic E-state index is 12.3. The quantitative estimate of drug-likeness (QED) is 0.778. The number of carbonyl (C=O) groups excluding carboxylic acids is 1. The topological polar surface area (TPSA) is 32.3 Å². The van der Waals surface area contributed by atoms with E-state index in [1.165, 1.54) is 0 Å². The summed E-state index contributed by atoms with van der Waals surface area (Å²) in [7, 11) is 0. The summed E-state index contributed by atoms with van der Waals surface area (Å²) >= 11 is 3.49. The number of nitrogens with one attached hydrogen (secondary N) is 1. The molecule has 3 nitrogen and oxygen atoms in total. The minimum Gasteiger partial charge on any atom is -0.333 e. The highest BCUT2D eigenvalue weighted by Gasteiger charge is 2.25. The van der Waals surface area contributed by atoms with E-state index in [9.17, 15) is 4.79 Å². The predicted octanol–water partition coefficient (Wildman–Crippen LogP) is 3.75. The number of para-hydroxylation sites is 1. The van der Waals surface area contributed by atoms with Crippen LogP contribution < -0.4 is 10.2 Å². The Hall–Kier alpha value is -1.29. The lowest BCUT2D eigenvalue weighted by Crippen LogP contribution is -2.49. The van der Waals surface area contributed by atoms with Crippen LogP contribution in [0.5, 0.6) is 0 Å². The molecule has 0 spiro atoms. The molecule has 1 aromatic carbocycles. The molecule has 0 unspecified atom stereocenters. The first-order valence-corrected chi connectivity index (χ1v) is 6.71. The zero-order chi connectivity index (χ0) is 13.3. The van der Waals surface area contributed by atoms with E-state index in [0.717, 1.165) is 15.7 Å². The van der Waals surface area contributed by atoms with Crippen molar-refractivity contribution in [2.24, 2.45) is 0 Å². The van der Waals surface area contributed by atoms with Crippen molar-refractivity contribution in [3.63, 3.8) is 0 Å². The lowest BCUT2D eigenvalue weighted by atomic mass is 10.1. The highest BCUT2D eigenvalue weighted by molar-refractivity contribution is 9.11. The Kier molecular flexibility index (Phi) is 3.48. The van der Waals surface area contributed by atoms with E-state index >= 15 is 0 Å². The van der Waals surface area contributed by atoms with E-state index < -0.39 is 0 Å². The van der Waals surface area contributed by atoms with Gasteiger partial charge in [0, 0.05) is 10.0 Å². The predicted molar refractivity (Wildman–Crippen MR) is 79.0 cm³/mol. The van der Waals surface area contributed by atoms with Crippen LogP contribution in [0.1, 0.15) is 26.3 Å². The number of rotatable bonds is 0. The van der Waals surface area contributed by atoms with Crippen LogP contribution in [0.25, 0.3) is 6.08 Å². The van der Waals surface area contributed by atoms with Gasteiger partial charge in [0.2, 0.25) is 0 Å². The number of halogens is 1. The van der Waals surface area contributed by atoms with Gasteiger partial charge in [0.15, 0.2) is 0 Å². The van der Waals surface area contributed by atoms with Crippen LogP contribution >= 0.6 is 15.9 Å². The molecule has 0 saturated carbocycles. The number of hydrogen-bond acceptors (Lipinski definition) is 1. The smallest absolute Gasteiger partial charge is 0.322 e. The summed E-state index contributed by atoms with van der Waals surface area (Å²) in [6, 6.07) is 7.82. The van der Waals surface area contributed by atoms with Crippen LogP contribution in [0.15, 0.2) is 28.7 Å². The van der Waals surface area contributed by atoms with E-state index in [2.05, 4.69) is 27.3 Å². The molecule has 0 aromatic heterocycles. The molecule has 0 atom stereocenters. The van der Waals surface area contributed by atoms with Crippen LogP contribution in [0.4, 0.5) is 10.5 Å². The average Bonchev–Trinajstić information content (AvgIpc) is 2.25. The fourth-order valence-electron chi connectivity index (χ4n) is 1.88. The second kappa shape index (κ2) is 4.76. The Bertz CT molecular complexity index is 503. The van der Waals surface area contributed by atoms with E-state index in [1.54, 1.807) is 4.90 Å². The monoisotopic (exact) mass is 308 g/mol. The molecular formula is C14H17BrN2O. The van der Waals surface area contributed by atoms with E-state index in [1.807, 2.05) is 45.0 Å². The van der Waals surface area contributed by atoms with Gasteiger partial charge in [-0.2, -0.15) is 0 Å². The summed E-state index contributed by atoms with van der Waals surface area (Å²) in [4.78, 5) is 14.0. The molecule has 1 aliphatic heterocycles. The third-order valence-corrected chi connectivity index (χ3v) is 3.06. The molecule has 0 bridgehead atoms. The SMILES string of the molecule is CC(C)(C)NC(=O)N1CC(Br)=Cc2ccccc21. The second-order valence-corrected chi connectivity index (χ2v) is 6.43. The highest BCUT2D eigenvalue weighted by Crippen LogP contribution is 2.30. The molecule has 0 fully saturated rings. The molecule has 1 heterocycles. The number of fused-ring (bicyclic) bond motifs is 1. The van der Waals surface area contributed by atoms with Crippen molar-refractivity contribution in [3.8, 4) is 0 Å². The molecule has 18 heavy (non-hydrogen) atoms. The van der Waals surface area contributed by atoms with E-state index in [4.69, 9.17) is 0 Å². The van der Waals surface area contributed by atoms with Gasteiger partial charge in [-0.1, -0.05) is 34.1 Å². The van der Waals surface area contributed by atoms with Gasteiger partial charge in [0.05, 0.1) is 12.2 Å². The summed E-state index contributed by atoms with van der Waals surface area (Å²) in [5.41, 5.74) is 1.77. The Morgan fingerprint density at radius 3 is 2.67 bits per heavy atom. The first-order valence-electron chi connectivity index (χ1n) is 5.91. The number of amides is 2. The van der Waals surface area contributed by atoms with Gasteiger partial charge in [-0.3, -0.25) is 4.90 Å². The molecule has 4 heteroatoms. The largest absolute Gasteiger partial charge is 0.333 e. The number of nitrogens with zero attached hydrogens (tertiary/aromatic N) is 1. The Labute approximate surface area is 116 Å². The van der Waals surface area contributed by atoms with Crippen molar-refractivity contribution in [2.45, 2.75) is 26.3 Å². The van der Waals surface area contributed by atoms with Gasteiger partial charge in [0.1, 0.15) is 0 Å². The molecule has 2 rings (SSSR count). The van der Waals surface area contributed by atoms with E-state index in [0.29, 0.717) is 6.54 Å². The molecule has 0 radical (unpaired) electrons. The van der Waals surface area contributed by atoms with Crippen molar-refractivity contribution in [3.05, 3.63) is 34.3 Å². The second-order valence-electron chi connectivity index (χ2n) is 5.42. The minimum absolute atomic E-state index is 0.0694. The summed E-state index contributed by atoms with van der Waals surface area (Å²) in [5, 5.41) is 2.99. The number of benzene rings is 1. The molecule has 1 aromatic rings. The number of urea groups is 1. The third-order valence-electron chi connectivity index (χ3n) is 2.58. The van der Waals surface area contributed by atoms with Crippen LogP contribution in [-0.2, 0) is 0 Å². The van der Waals surface area contributed by atoms with Crippen LogP contribution in [-0.4, -0.2) is 18.1 Å². The molecule has 1 aliphatic rings. The van der Waals surface area contributed by atoms with Gasteiger partial charge in [-0.15, -0.1) is 0 Å². The molecule has 2 amide bonds. The summed E-state index contributed by atoms with van der Waals surface area (Å²) < 4.78 is 1.00. The first kappa shape index (κ1) is 13.1. The van der Waals surface area contributed by atoms with Crippen LogP contribution in [0, 0.1) is 0 Å². The Morgan fingerprint density at radius 2 is 2.00 bits per heavy atom. The maximum Gasteiger partial charge on any atom is 0.322 e. The summed E-state index contributed by atoms with van der Waals surface area (Å²) in [6.07, 6.45) is 2.05. The fraction of sp³-hybridized carbons (Fsp3) is 0.357. The molecule has 0 aliphatic carbocycles. The van der Waals surface area contributed by atoms with E-state index in [-0.39, 0.29) is 11.6 Å². The van der Waals surface area contributed by atoms with Gasteiger partial charge in [-0.05, 0) is 38.5 Å². The zero-order valence-corrected chi connectivity index (χ0v) is 12.4. The molecule has 96 valence electrons. The van der Waals surface area contributed by atoms with Gasteiger partial charge in [0.25, 0.3) is 0 Å². The normalized spacial score (nSPS) is 14.9. The van der Waals surface area contributed by atoms with Crippen LogP contribution in [0.2, 0.25) is 0 Å². The fourth-order valence-corrected chi connectivity index (χ4v) is 2.37. The third kappa shape index (κ3) is 2.93. The van der Waals surface area contributed by atoms with Crippen molar-refractivity contribution >= 4 is 33.7 Å². The number of anilines is 1. The summed E-state index contributed by atoms with van der Waals surface area (Å²) in [5.74, 6) is 0. The highest BCUT2D eigenvalue weighted by atomic mass is 79.9. The Morgan fingerprint density at radius 1 is 1.33 bits per heavy atom. The lowest BCUT2D eigenvalue weighted by molar-refractivity contribution is 0.238. The van der Waals surface area contributed by atoms with Crippen molar-refractivity contribution in [1.29, 1.82) is 0 Å². The standard InChI is InChI=1S/C14H17BrN2O/c1-14(2,3)16-13(18)17-9-11(15)8-10-6-4-5-7-12(10)17/h4-8H,9H2,1-3H3,(H,16,18). The maximum absolute atomic E-state index is 12.3. The molecule has 1 N–H and O–H groups in total. The first-order chi connectivity index (χ1) is 8.37. The number of carbonyl (C=O) groups is 1. The van der Waals surface area contributed by atoms with Gasteiger partial charge in [-0.25, -0.2) is 4.79 Å². The van der Waals surface area contributed by atoms with Gasteiger partial charge < -0.3 is 5.32 Å². The van der Waals surface area contributed by atoms with Crippen LogP contribution in [0.3, 0.4) is 0 Å². The number of hydrogen-bond donors (Lipinski definition) is 1. The molecular weight excluding hydrogens is 292 g/mol. The molecule has 0 saturated heterocycles. The Balaban J connectivity index is 2.30.